The minimum Gasteiger partial charge on any atom is -0.177 e. The Morgan fingerprint density at radius 3 is 1.86 bits per heavy atom. The van der Waals surface area contributed by atoms with E-state index in [-0.39, 0.29) is 0 Å². The van der Waals surface area contributed by atoms with Gasteiger partial charge in [0, 0.05) is 0 Å². The Morgan fingerprint density at radius 2 is 1.86 bits per heavy atom. The van der Waals surface area contributed by atoms with Crippen LogP contribution in [-0.4, -0.2) is 15.3 Å². The van der Waals surface area contributed by atoms with Crippen molar-refractivity contribution in [2.45, 2.75) is 5.80 Å². The molecule has 2 radical (unpaired) electrons. The summed E-state index contributed by atoms with van der Waals surface area (Å²) in [6.45, 7) is 2.94. The molecule has 0 spiro atoms. The maximum Gasteiger partial charge on any atom is 0.362 e. The van der Waals surface area contributed by atoms with Crippen LogP contribution >= 0.6 is 0 Å². The lowest BCUT2D eigenvalue weighted by Gasteiger charge is -1.96. The summed E-state index contributed by atoms with van der Waals surface area (Å²) in [6.07, 6.45) is 0. The lowest BCUT2D eigenvalue weighted by atomic mass is 11.3. The Labute approximate surface area is 41.9 Å². The molecule has 0 rings (SSSR count). The van der Waals surface area contributed by atoms with Gasteiger partial charge in [-0.25, -0.2) is 0 Å². The molecule has 0 nitrogen and oxygen atoms in total. The second-order valence-electron chi connectivity index (χ2n) is 0.846. The molecule has 0 saturated carbocycles. The van der Waals surface area contributed by atoms with Gasteiger partial charge >= 0.3 is 5.80 Å². The van der Waals surface area contributed by atoms with Gasteiger partial charge in [0.2, 0.25) is 9.52 Å². The first-order chi connectivity index (χ1) is 3.06. The Bertz CT molecular complexity index is 65.1. The maximum atomic E-state index is 11.0. The molecule has 40 valence electrons. The fourth-order valence-electron chi connectivity index (χ4n) is 0.116. The Morgan fingerprint density at radius 1 is 1.43 bits per heavy atom. The molecule has 0 bridgehead atoms. The Kier molecular flexibility index (Phi) is 2.08. The van der Waals surface area contributed by atoms with Crippen molar-refractivity contribution in [2.75, 3.05) is 0 Å². The van der Waals surface area contributed by atoms with E-state index in [2.05, 4.69) is 6.58 Å². The highest BCUT2D eigenvalue weighted by Crippen LogP contribution is 2.11. The lowest BCUT2D eigenvalue weighted by Crippen LogP contribution is -2.15. The van der Waals surface area contributed by atoms with Crippen LogP contribution in [0.15, 0.2) is 12.3 Å². The highest BCUT2D eigenvalue weighted by atomic mass is 28.2. The van der Waals surface area contributed by atoms with Gasteiger partial charge in [-0.15, -0.1) is 6.58 Å². The largest absolute Gasteiger partial charge is 0.362 e. The molecular formula is C3H3F3Si. The van der Waals surface area contributed by atoms with Gasteiger partial charge in [-0.3, -0.25) is 0 Å². The zero-order valence-electron chi connectivity index (χ0n) is 3.42. The zero-order valence-corrected chi connectivity index (χ0v) is 4.42. The second-order valence-corrected chi connectivity index (χ2v) is 2.11. The van der Waals surface area contributed by atoms with E-state index in [4.69, 9.17) is 0 Å². The van der Waals surface area contributed by atoms with E-state index in [9.17, 15) is 13.2 Å². The van der Waals surface area contributed by atoms with Crippen LogP contribution in [0.4, 0.5) is 13.2 Å². The molecule has 0 unspecified atom stereocenters. The van der Waals surface area contributed by atoms with Crippen molar-refractivity contribution >= 4 is 9.52 Å². The molecule has 0 amide bonds. The maximum absolute atomic E-state index is 11.0. The van der Waals surface area contributed by atoms with Crippen LogP contribution in [0, 0.1) is 0 Å². The zero-order chi connectivity index (χ0) is 5.91. The van der Waals surface area contributed by atoms with E-state index in [0.717, 1.165) is 5.70 Å². The molecule has 0 fully saturated rings. The van der Waals surface area contributed by atoms with Crippen molar-refractivity contribution in [1.82, 2.24) is 0 Å². The van der Waals surface area contributed by atoms with Gasteiger partial charge in [0.25, 0.3) is 0 Å². The quantitative estimate of drug-likeness (QED) is 0.463. The predicted molar refractivity (Wildman–Crippen MR) is 22.0 cm³/mol. The van der Waals surface area contributed by atoms with E-state index in [1.54, 1.807) is 0 Å². The van der Waals surface area contributed by atoms with Crippen LogP contribution in [0.2, 0.25) is 0 Å². The molecule has 0 aromatic carbocycles. The summed E-state index contributed by atoms with van der Waals surface area (Å²) in [6, 6.07) is 0. The average Bonchev–Trinajstić information content (AvgIpc) is 1.30. The molecule has 7 heavy (non-hydrogen) atoms. The van der Waals surface area contributed by atoms with Crippen LogP contribution in [-0.2, 0) is 0 Å². The minimum atomic E-state index is -4.04. The normalized spacial score (nSPS) is 11.3. The van der Waals surface area contributed by atoms with Crippen molar-refractivity contribution in [2.24, 2.45) is 0 Å². The van der Waals surface area contributed by atoms with Crippen molar-refractivity contribution < 1.29 is 13.2 Å². The summed E-state index contributed by atoms with van der Waals surface area (Å²) in [5.41, 5.74) is 0.861. The number of halogens is 3. The molecule has 0 aliphatic heterocycles. The highest BCUT2D eigenvalue weighted by Gasteiger charge is 2.25. The SMILES string of the molecule is C=C[Si]C(F)(F)F. The van der Waals surface area contributed by atoms with E-state index in [0.29, 0.717) is 0 Å². The number of alkyl halides is 3. The third kappa shape index (κ3) is 5.75. The van der Waals surface area contributed by atoms with Gasteiger partial charge in [-0.2, -0.15) is 13.2 Å². The molecule has 0 aliphatic rings. The second kappa shape index (κ2) is 2.16. The topological polar surface area (TPSA) is 0 Å². The lowest BCUT2D eigenvalue weighted by molar-refractivity contribution is -0.0457. The van der Waals surface area contributed by atoms with Crippen LogP contribution in [0.25, 0.3) is 0 Å². The van der Waals surface area contributed by atoms with Gasteiger partial charge in [0.05, 0.1) is 0 Å². The number of rotatable bonds is 1. The number of hydrogen-bond acceptors (Lipinski definition) is 0. The van der Waals surface area contributed by atoms with Crippen LogP contribution < -0.4 is 0 Å². The molecule has 0 aromatic rings. The Balaban J connectivity index is 3.34. The van der Waals surface area contributed by atoms with Crippen molar-refractivity contribution in [3.63, 3.8) is 0 Å². The minimum absolute atomic E-state index is 0.861. The first-order valence-corrected chi connectivity index (χ1v) is 2.59. The molecule has 4 heteroatoms. The van der Waals surface area contributed by atoms with Gasteiger partial charge < -0.3 is 0 Å². The first kappa shape index (κ1) is 6.75. The highest BCUT2D eigenvalue weighted by molar-refractivity contribution is 6.44. The van der Waals surface area contributed by atoms with Gasteiger partial charge in [0.15, 0.2) is 0 Å². The summed E-state index contributed by atoms with van der Waals surface area (Å²) in [7, 11) is -1.11. The van der Waals surface area contributed by atoms with Crippen LogP contribution in [0.5, 0.6) is 0 Å². The molecule has 0 N–H and O–H groups in total. The summed E-state index contributed by atoms with van der Waals surface area (Å²) in [5.74, 6) is -4.04. The van der Waals surface area contributed by atoms with Gasteiger partial charge in [-0.1, -0.05) is 5.70 Å². The van der Waals surface area contributed by atoms with Gasteiger partial charge in [-0.05, 0) is 0 Å². The van der Waals surface area contributed by atoms with Crippen molar-refractivity contribution in [3.8, 4) is 0 Å². The molecule has 0 atom stereocenters. The smallest absolute Gasteiger partial charge is 0.177 e. The Hall–Kier alpha value is -0.253. The van der Waals surface area contributed by atoms with Crippen LogP contribution in [0.1, 0.15) is 0 Å². The monoisotopic (exact) mass is 124 g/mol. The average molecular weight is 124 g/mol. The summed E-state index contributed by atoms with van der Waals surface area (Å²) >= 11 is 0. The fraction of sp³-hybridized carbons (Fsp3) is 0.333. The van der Waals surface area contributed by atoms with Crippen LogP contribution in [0.3, 0.4) is 0 Å². The van der Waals surface area contributed by atoms with E-state index in [1.165, 1.54) is 0 Å². The summed E-state index contributed by atoms with van der Waals surface area (Å²) < 4.78 is 33.0. The summed E-state index contributed by atoms with van der Waals surface area (Å²) in [4.78, 5) is 0. The molecule has 0 aliphatic carbocycles. The summed E-state index contributed by atoms with van der Waals surface area (Å²) in [5, 5.41) is 0. The third-order valence-corrected chi connectivity index (χ3v) is 0.797. The molecule has 0 saturated heterocycles. The molecule has 0 heterocycles. The van der Waals surface area contributed by atoms with E-state index < -0.39 is 15.3 Å². The molecular weight excluding hydrogens is 121 g/mol. The van der Waals surface area contributed by atoms with Crippen molar-refractivity contribution in [1.29, 1.82) is 0 Å². The first-order valence-electron chi connectivity index (χ1n) is 1.51. The van der Waals surface area contributed by atoms with Crippen molar-refractivity contribution in [3.05, 3.63) is 12.3 Å². The fourth-order valence-corrected chi connectivity index (χ4v) is 0.347. The standard InChI is InChI=1S/C3H3F3Si/c1-2-7-3(4,5)6/h2H,1H2. The van der Waals surface area contributed by atoms with Gasteiger partial charge in [0.1, 0.15) is 0 Å². The predicted octanol–water partition coefficient (Wildman–Crippen LogP) is 1.35. The molecule has 0 aromatic heterocycles. The number of hydrogen-bond donors (Lipinski definition) is 0. The van der Waals surface area contributed by atoms with E-state index in [1.807, 2.05) is 0 Å². The third-order valence-electron chi connectivity index (χ3n) is 0.266. The van der Waals surface area contributed by atoms with E-state index >= 15 is 0 Å².